The van der Waals surface area contributed by atoms with Crippen LogP contribution in [-0.2, 0) is 9.47 Å². The van der Waals surface area contributed by atoms with E-state index in [0.29, 0.717) is 17.9 Å². The molecule has 0 radical (unpaired) electrons. The minimum absolute atomic E-state index is 0.0127. The molecule has 2 nitrogen and oxygen atoms in total. The second kappa shape index (κ2) is 4.24. The smallest absolute Gasteiger partial charge is 0.160 e. The summed E-state index contributed by atoms with van der Waals surface area (Å²) in [4.78, 5) is 0. The summed E-state index contributed by atoms with van der Waals surface area (Å²) >= 11 is 0. The first-order chi connectivity index (χ1) is 5.69. The molecule has 0 amide bonds. The van der Waals surface area contributed by atoms with Crippen LogP contribution in [0.3, 0.4) is 0 Å². The highest BCUT2D eigenvalue weighted by Crippen LogP contribution is 2.31. The molecular weight excluding hydrogens is 152 g/mol. The number of hydrogen-bond acceptors (Lipinski definition) is 2. The summed E-state index contributed by atoms with van der Waals surface area (Å²) in [5.74, 6) is 1.24. The maximum atomic E-state index is 5.75. The Balaban J connectivity index is 2.52. The topological polar surface area (TPSA) is 18.5 Å². The third-order valence-corrected chi connectivity index (χ3v) is 2.98. The fourth-order valence-corrected chi connectivity index (χ4v) is 1.80. The average Bonchev–Trinajstić information content (AvgIpc) is 2.09. The lowest BCUT2D eigenvalue weighted by Crippen LogP contribution is -2.39. The Hall–Kier alpha value is -0.0800. The quantitative estimate of drug-likeness (QED) is 0.637. The van der Waals surface area contributed by atoms with Gasteiger partial charge in [-0.1, -0.05) is 20.8 Å². The molecule has 1 heterocycles. The summed E-state index contributed by atoms with van der Waals surface area (Å²) in [6.07, 6.45) is 2.69. The van der Waals surface area contributed by atoms with Crippen LogP contribution in [0.2, 0.25) is 0 Å². The Morgan fingerprint density at radius 2 is 2.08 bits per heavy atom. The molecule has 12 heavy (non-hydrogen) atoms. The molecule has 4 atom stereocenters. The van der Waals surface area contributed by atoms with Crippen LogP contribution in [-0.4, -0.2) is 19.5 Å². The van der Waals surface area contributed by atoms with Crippen molar-refractivity contribution in [1.29, 1.82) is 0 Å². The second-order valence-corrected chi connectivity index (χ2v) is 3.84. The van der Waals surface area contributed by atoms with Gasteiger partial charge < -0.3 is 9.47 Å². The maximum absolute atomic E-state index is 5.75. The molecule has 1 aliphatic heterocycles. The van der Waals surface area contributed by atoms with Gasteiger partial charge in [0.1, 0.15) is 0 Å². The van der Waals surface area contributed by atoms with E-state index in [1.807, 2.05) is 0 Å². The lowest BCUT2D eigenvalue weighted by Gasteiger charge is -2.37. The molecular formula is C10H20O2. The Labute approximate surface area is 75.2 Å². The second-order valence-electron chi connectivity index (χ2n) is 3.84. The Kier molecular flexibility index (Phi) is 3.53. The fraction of sp³-hybridized carbons (Fsp3) is 1.00. The van der Waals surface area contributed by atoms with Crippen LogP contribution in [0.25, 0.3) is 0 Å². The highest BCUT2D eigenvalue weighted by Gasteiger charge is 2.32. The van der Waals surface area contributed by atoms with Gasteiger partial charge in [-0.2, -0.15) is 0 Å². The highest BCUT2D eigenvalue weighted by molar-refractivity contribution is 4.75. The summed E-state index contributed by atoms with van der Waals surface area (Å²) < 4.78 is 11.0. The minimum Gasteiger partial charge on any atom is -0.356 e. The SMILES string of the molecule is CCC1C[C@@H](C)C(C)[C@@H](OC)O1. The van der Waals surface area contributed by atoms with E-state index in [0.717, 1.165) is 6.42 Å². The van der Waals surface area contributed by atoms with E-state index in [1.165, 1.54) is 6.42 Å². The zero-order valence-electron chi connectivity index (χ0n) is 8.54. The van der Waals surface area contributed by atoms with Gasteiger partial charge in [0.2, 0.25) is 0 Å². The molecule has 0 aromatic heterocycles. The molecule has 72 valence electrons. The molecule has 0 saturated carbocycles. The first-order valence-electron chi connectivity index (χ1n) is 4.87. The zero-order chi connectivity index (χ0) is 9.14. The molecule has 1 rings (SSSR count). The maximum Gasteiger partial charge on any atom is 0.160 e. The molecule has 1 fully saturated rings. The van der Waals surface area contributed by atoms with Crippen LogP contribution in [0, 0.1) is 11.8 Å². The van der Waals surface area contributed by atoms with E-state index in [2.05, 4.69) is 20.8 Å². The summed E-state index contributed by atoms with van der Waals surface area (Å²) in [6.45, 7) is 6.65. The molecule has 1 saturated heterocycles. The van der Waals surface area contributed by atoms with Crippen LogP contribution in [0.4, 0.5) is 0 Å². The number of hydrogen-bond donors (Lipinski definition) is 0. The van der Waals surface area contributed by atoms with Crippen LogP contribution < -0.4 is 0 Å². The molecule has 0 aromatic rings. The van der Waals surface area contributed by atoms with E-state index >= 15 is 0 Å². The Bertz CT molecular complexity index is 136. The molecule has 0 bridgehead atoms. The van der Waals surface area contributed by atoms with Crippen LogP contribution in [0.1, 0.15) is 33.6 Å². The van der Waals surface area contributed by atoms with Crippen molar-refractivity contribution in [3.8, 4) is 0 Å². The van der Waals surface area contributed by atoms with Crippen molar-refractivity contribution < 1.29 is 9.47 Å². The van der Waals surface area contributed by atoms with Crippen molar-refractivity contribution in [2.75, 3.05) is 7.11 Å². The van der Waals surface area contributed by atoms with Gasteiger partial charge in [0.15, 0.2) is 6.29 Å². The van der Waals surface area contributed by atoms with Crippen LogP contribution >= 0.6 is 0 Å². The number of rotatable bonds is 2. The van der Waals surface area contributed by atoms with E-state index in [9.17, 15) is 0 Å². The fourth-order valence-electron chi connectivity index (χ4n) is 1.80. The van der Waals surface area contributed by atoms with E-state index in [1.54, 1.807) is 7.11 Å². The van der Waals surface area contributed by atoms with Gasteiger partial charge in [-0.05, 0) is 18.8 Å². The molecule has 1 aliphatic rings. The monoisotopic (exact) mass is 172 g/mol. The lowest BCUT2D eigenvalue weighted by molar-refractivity contribution is -0.219. The van der Waals surface area contributed by atoms with Crippen molar-refractivity contribution in [2.24, 2.45) is 11.8 Å². The zero-order valence-corrected chi connectivity index (χ0v) is 8.54. The summed E-state index contributed by atoms with van der Waals surface area (Å²) in [5.41, 5.74) is 0. The van der Waals surface area contributed by atoms with Gasteiger partial charge in [0.25, 0.3) is 0 Å². The van der Waals surface area contributed by atoms with Crippen molar-refractivity contribution in [2.45, 2.75) is 46.0 Å². The number of methoxy groups -OCH3 is 1. The van der Waals surface area contributed by atoms with Gasteiger partial charge in [-0.25, -0.2) is 0 Å². The number of ether oxygens (including phenoxy) is 2. The van der Waals surface area contributed by atoms with Crippen molar-refractivity contribution in [1.82, 2.24) is 0 Å². The van der Waals surface area contributed by atoms with Gasteiger partial charge in [-0.15, -0.1) is 0 Å². The third-order valence-electron chi connectivity index (χ3n) is 2.98. The molecule has 0 spiro atoms. The van der Waals surface area contributed by atoms with Crippen molar-refractivity contribution in [3.05, 3.63) is 0 Å². The molecule has 2 unspecified atom stereocenters. The molecule has 0 N–H and O–H groups in total. The average molecular weight is 172 g/mol. The van der Waals surface area contributed by atoms with Crippen molar-refractivity contribution in [3.63, 3.8) is 0 Å². The van der Waals surface area contributed by atoms with E-state index in [4.69, 9.17) is 9.47 Å². The molecule has 0 aromatic carbocycles. The lowest BCUT2D eigenvalue weighted by atomic mass is 9.86. The van der Waals surface area contributed by atoms with Crippen molar-refractivity contribution >= 4 is 0 Å². The summed E-state index contributed by atoms with van der Waals surface area (Å²) in [7, 11) is 1.73. The summed E-state index contributed by atoms with van der Waals surface area (Å²) in [5, 5.41) is 0. The Morgan fingerprint density at radius 1 is 1.42 bits per heavy atom. The Morgan fingerprint density at radius 3 is 2.58 bits per heavy atom. The van der Waals surface area contributed by atoms with Gasteiger partial charge in [0, 0.05) is 13.0 Å². The normalized spacial score (nSPS) is 43.0. The molecule has 0 aliphatic carbocycles. The predicted molar refractivity (Wildman–Crippen MR) is 48.9 cm³/mol. The van der Waals surface area contributed by atoms with E-state index in [-0.39, 0.29) is 6.29 Å². The van der Waals surface area contributed by atoms with Gasteiger partial charge in [-0.3, -0.25) is 0 Å². The summed E-state index contributed by atoms with van der Waals surface area (Å²) in [6, 6.07) is 0. The van der Waals surface area contributed by atoms with Crippen LogP contribution in [0.15, 0.2) is 0 Å². The predicted octanol–water partition coefficient (Wildman–Crippen LogP) is 2.43. The van der Waals surface area contributed by atoms with Gasteiger partial charge in [0.05, 0.1) is 6.10 Å². The first kappa shape index (κ1) is 10.0. The van der Waals surface area contributed by atoms with Gasteiger partial charge >= 0.3 is 0 Å². The van der Waals surface area contributed by atoms with Crippen LogP contribution in [0.5, 0.6) is 0 Å². The standard InChI is InChI=1S/C10H20O2/c1-5-9-6-7(2)8(3)10(11-4)12-9/h7-10H,5-6H2,1-4H3/t7-,8?,9?,10+/m1/s1. The third kappa shape index (κ3) is 1.99. The molecule has 2 heteroatoms. The first-order valence-corrected chi connectivity index (χ1v) is 4.87. The largest absolute Gasteiger partial charge is 0.356 e. The van der Waals surface area contributed by atoms with E-state index < -0.39 is 0 Å². The minimum atomic E-state index is 0.0127. The highest BCUT2D eigenvalue weighted by atomic mass is 16.7.